The quantitative estimate of drug-likeness (QED) is 0.120. The van der Waals surface area contributed by atoms with Crippen molar-refractivity contribution in [3.63, 3.8) is 0 Å². The number of fused-ring (bicyclic) bond motifs is 3. The summed E-state index contributed by atoms with van der Waals surface area (Å²) in [7, 11) is 0. The predicted molar refractivity (Wildman–Crippen MR) is 130 cm³/mol. The fourth-order valence-corrected chi connectivity index (χ4v) is 6.01. The zero-order valence-corrected chi connectivity index (χ0v) is 20.8. The van der Waals surface area contributed by atoms with Gasteiger partial charge in [-0.25, -0.2) is 4.79 Å². The number of carbonyl (C=O) groups is 4. The van der Waals surface area contributed by atoms with Gasteiger partial charge in [0.25, 0.3) is 0 Å². The van der Waals surface area contributed by atoms with Crippen LogP contribution in [0.5, 0.6) is 0 Å². The molecule has 4 aliphatic rings. The molecule has 0 aromatic carbocycles. The van der Waals surface area contributed by atoms with E-state index in [1.165, 1.54) is 0 Å². The van der Waals surface area contributed by atoms with Crippen LogP contribution in [0.4, 0.5) is 4.79 Å². The summed E-state index contributed by atoms with van der Waals surface area (Å²) in [5.74, 6) is -0.873. The number of hydrogen-bond donors (Lipinski definition) is 7. The molecule has 3 saturated heterocycles. The minimum atomic E-state index is -0.948. The van der Waals surface area contributed by atoms with E-state index >= 15 is 0 Å². The number of carboxylic acids is 1. The topological polar surface area (TPSA) is 224 Å². The summed E-state index contributed by atoms with van der Waals surface area (Å²) in [5, 5.41) is 31.0. The molecule has 4 amide bonds. The number of nitrogens with one attached hydrogen (secondary N) is 2. The van der Waals surface area contributed by atoms with Crippen LogP contribution in [0.15, 0.2) is 11.6 Å². The van der Waals surface area contributed by atoms with E-state index in [4.69, 9.17) is 31.5 Å². The molecule has 0 radical (unpaired) electrons. The summed E-state index contributed by atoms with van der Waals surface area (Å²) in [6.07, 6.45) is 4.76. The number of hydrogen-bond acceptors (Lipinski definition) is 9. The molecule has 13 nitrogen and oxygen atoms in total. The summed E-state index contributed by atoms with van der Waals surface area (Å²) in [4.78, 5) is 43.6. The highest BCUT2D eigenvalue weighted by molar-refractivity contribution is 8.00. The molecule has 2 bridgehead atoms. The largest absolute Gasteiger partial charge is 0.481 e. The van der Waals surface area contributed by atoms with Crippen LogP contribution in [-0.2, 0) is 23.9 Å². The maximum absolute atomic E-state index is 11.2. The number of aliphatic hydroxyl groups is 2. The highest BCUT2D eigenvalue weighted by atomic mass is 32.2. The number of aliphatic carboxylic acids is 1. The minimum absolute atomic E-state index is 0.0278. The number of carbonyl (C=O) groups excluding carboxylic acids is 3. The van der Waals surface area contributed by atoms with Crippen LogP contribution in [0.2, 0.25) is 0 Å². The van der Waals surface area contributed by atoms with Gasteiger partial charge in [-0.1, -0.05) is 6.42 Å². The fourth-order valence-electron chi connectivity index (χ4n) is 4.47. The lowest BCUT2D eigenvalue weighted by molar-refractivity contribution is -0.137. The third kappa shape index (κ3) is 8.06. The SMILES string of the molecule is NC(=O)C1=CC2CC1(C(N)=O)CO2.O=C(O)CCCC[C@@H]1SC[C@@H]2NC(=O)N[C@@H]21.OCCOCCO. The Bertz CT molecular complexity index is 823. The van der Waals surface area contributed by atoms with Gasteiger partial charge in [0.1, 0.15) is 5.41 Å². The van der Waals surface area contributed by atoms with Crippen LogP contribution in [0, 0.1) is 5.41 Å². The summed E-state index contributed by atoms with van der Waals surface area (Å²) >= 11 is 1.87. The number of ether oxygens (including phenoxy) is 2. The molecule has 1 aliphatic carbocycles. The van der Waals surface area contributed by atoms with Gasteiger partial charge in [-0.15, -0.1) is 0 Å². The number of nitrogens with two attached hydrogens (primary N) is 2. The third-order valence-electron chi connectivity index (χ3n) is 6.24. The average molecular weight is 533 g/mol. The Labute approximate surface area is 213 Å². The lowest BCUT2D eigenvalue weighted by Gasteiger charge is -2.22. The molecule has 204 valence electrons. The molecule has 3 aliphatic heterocycles. The first-order chi connectivity index (χ1) is 17.1. The second kappa shape index (κ2) is 14.4. The molecular weight excluding hydrogens is 496 g/mol. The number of unbranched alkanes of at least 4 members (excludes halogenated alkanes) is 1. The van der Waals surface area contributed by atoms with E-state index in [9.17, 15) is 19.2 Å². The second-order valence-corrected chi connectivity index (χ2v) is 10.0. The Balaban J connectivity index is 0.000000205. The van der Waals surface area contributed by atoms with Crippen molar-refractivity contribution in [3.05, 3.63) is 11.6 Å². The van der Waals surface area contributed by atoms with E-state index < -0.39 is 23.2 Å². The van der Waals surface area contributed by atoms with Gasteiger partial charge in [-0.05, 0) is 25.3 Å². The van der Waals surface area contributed by atoms with Crippen LogP contribution in [-0.4, -0.2) is 101 Å². The number of thioether (sulfide) groups is 1. The minimum Gasteiger partial charge on any atom is -0.481 e. The monoisotopic (exact) mass is 532 g/mol. The molecule has 0 aromatic rings. The number of amides is 4. The normalized spacial score (nSPS) is 29.1. The van der Waals surface area contributed by atoms with E-state index in [1.54, 1.807) is 6.08 Å². The number of rotatable bonds is 11. The maximum Gasteiger partial charge on any atom is 0.315 e. The lowest BCUT2D eigenvalue weighted by Crippen LogP contribution is -2.42. The van der Waals surface area contributed by atoms with Crippen molar-refractivity contribution < 1.29 is 44.0 Å². The molecular formula is C22H36N4O9S. The molecule has 0 aromatic heterocycles. The van der Waals surface area contributed by atoms with E-state index in [-0.39, 0.29) is 50.5 Å². The van der Waals surface area contributed by atoms with E-state index in [0.717, 1.165) is 25.0 Å². The third-order valence-corrected chi connectivity index (χ3v) is 7.75. The number of aliphatic hydroxyl groups excluding tert-OH is 2. The van der Waals surface area contributed by atoms with Crippen LogP contribution < -0.4 is 22.1 Å². The fraction of sp³-hybridized carbons (Fsp3) is 0.727. The smallest absolute Gasteiger partial charge is 0.315 e. The van der Waals surface area contributed by atoms with E-state index in [0.29, 0.717) is 30.5 Å². The highest BCUT2D eigenvalue weighted by Crippen LogP contribution is 2.45. The average Bonchev–Trinajstić information content (AvgIpc) is 3.59. The Morgan fingerprint density at radius 3 is 2.39 bits per heavy atom. The van der Waals surface area contributed by atoms with Gasteiger partial charge in [0.15, 0.2) is 0 Å². The molecule has 3 heterocycles. The second-order valence-electron chi connectivity index (χ2n) is 8.77. The molecule has 4 rings (SSSR count). The first kappa shape index (κ1) is 29.8. The van der Waals surface area contributed by atoms with Crippen molar-refractivity contribution in [1.29, 1.82) is 0 Å². The summed E-state index contributed by atoms with van der Waals surface area (Å²) < 4.78 is 9.84. The van der Waals surface area contributed by atoms with E-state index in [1.807, 2.05) is 11.8 Å². The van der Waals surface area contributed by atoms with Crippen molar-refractivity contribution in [2.45, 2.75) is 55.5 Å². The molecule has 9 N–H and O–H groups in total. The van der Waals surface area contributed by atoms with E-state index in [2.05, 4.69) is 15.4 Å². The predicted octanol–water partition coefficient (Wildman–Crippen LogP) is -1.54. The number of primary amides is 2. The van der Waals surface area contributed by atoms with Gasteiger partial charge in [-0.2, -0.15) is 11.8 Å². The highest BCUT2D eigenvalue weighted by Gasteiger charge is 2.54. The Kier molecular flexibility index (Phi) is 11.9. The number of urea groups is 1. The van der Waals surface area contributed by atoms with Gasteiger partial charge in [-0.3, -0.25) is 14.4 Å². The summed E-state index contributed by atoms with van der Waals surface area (Å²) in [6, 6.07) is 0.440. The van der Waals surface area contributed by atoms with Crippen molar-refractivity contribution in [3.8, 4) is 0 Å². The van der Waals surface area contributed by atoms with Gasteiger partial charge >= 0.3 is 12.0 Å². The van der Waals surface area contributed by atoms with Crippen molar-refractivity contribution in [2.24, 2.45) is 16.9 Å². The summed E-state index contributed by atoms with van der Waals surface area (Å²) in [5.41, 5.74) is 9.74. The van der Waals surface area contributed by atoms with Gasteiger partial charge in [0.2, 0.25) is 11.8 Å². The maximum atomic E-state index is 11.2. The molecule has 2 unspecified atom stereocenters. The molecule has 5 atom stereocenters. The van der Waals surface area contributed by atoms with Crippen LogP contribution >= 0.6 is 11.8 Å². The van der Waals surface area contributed by atoms with Crippen molar-refractivity contribution in [2.75, 3.05) is 38.8 Å². The Morgan fingerprint density at radius 1 is 1.17 bits per heavy atom. The van der Waals surface area contributed by atoms with Crippen molar-refractivity contribution >= 4 is 35.6 Å². The Hall–Kier alpha value is -2.39. The molecule has 36 heavy (non-hydrogen) atoms. The first-order valence-corrected chi connectivity index (χ1v) is 12.8. The standard InChI is InChI=1S/C10H16N2O3S.C8H10N2O3.C4H10O3/c13-8(14)4-2-1-3-7-9-6(5-16-7)11-10(15)12-9;9-6(11)5-1-4-2-8(5,3-13-4)7(10)12;5-1-3-7-4-2-6/h6-7,9H,1-5H2,(H,13,14)(H2,11,12,15);1,4H,2-3H2,(H2,9,11)(H2,10,12);5-6H,1-4H2/t6-,7-,9-;;/m0../s1. The number of carboxylic acid groups (broad SMARTS) is 1. The van der Waals surface area contributed by atoms with Crippen molar-refractivity contribution in [1.82, 2.24) is 10.6 Å². The zero-order chi connectivity index (χ0) is 26.7. The first-order valence-electron chi connectivity index (χ1n) is 11.8. The molecule has 3 fully saturated rings. The van der Waals surface area contributed by atoms with Crippen LogP contribution in [0.3, 0.4) is 0 Å². The molecule has 14 heteroatoms. The van der Waals surface area contributed by atoms with Gasteiger partial charge in [0, 0.05) is 23.0 Å². The summed E-state index contributed by atoms with van der Waals surface area (Å²) in [6.45, 7) is 0.878. The van der Waals surface area contributed by atoms with Crippen LogP contribution in [0.1, 0.15) is 32.1 Å². The van der Waals surface area contributed by atoms with Gasteiger partial charge in [0.05, 0.1) is 51.2 Å². The zero-order valence-electron chi connectivity index (χ0n) is 20.0. The lowest BCUT2D eigenvalue weighted by atomic mass is 9.82. The molecule has 0 saturated carbocycles. The molecule has 0 spiro atoms. The Morgan fingerprint density at radius 2 is 1.86 bits per heavy atom. The van der Waals surface area contributed by atoms with Gasteiger partial charge < -0.3 is 46.9 Å². The van der Waals surface area contributed by atoms with Crippen LogP contribution in [0.25, 0.3) is 0 Å².